The summed E-state index contributed by atoms with van der Waals surface area (Å²) in [6.07, 6.45) is 1.80. The molecule has 5 heteroatoms. The number of nitrogens with one attached hydrogen (secondary N) is 1. The summed E-state index contributed by atoms with van der Waals surface area (Å²) < 4.78 is 0. The zero-order valence-electron chi connectivity index (χ0n) is 12.5. The molecule has 0 saturated carbocycles. The van der Waals surface area contributed by atoms with E-state index in [1.807, 2.05) is 26.4 Å². The van der Waals surface area contributed by atoms with Crippen molar-refractivity contribution in [2.75, 3.05) is 19.0 Å². The van der Waals surface area contributed by atoms with E-state index >= 15 is 0 Å². The number of hydrogen-bond acceptors (Lipinski definition) is 4. The Morgan fingerprint density at radius 1 is 1.33 bits per heavy atom. The van der Waals surface area contributed by atoms with Gasteiger partial charge in [-0.2, -0.15) is 0 Å². The third-order valence-corrected chi connectivity index (χ3v) is 4.41. The van der Waals surface area contributed by atoms with Crippen LogP contribution in [0.4, 0.5) is 5.69 Å². The highest BCUT2D eigenvalue weighted by Crippen LogP contribution is 2.35. The summed E-state index contributed by atoms with van der Waals surface area (Å²) in [6, 6.07) is 4.17. The van der Waals surface area contributed by atoms with E-state index < -0.39 is 0 Å². The SMILES string of the molecule is CC(=O)c1c(C)[nH]c2c(N(C)C)cc(-c3nccs3)cc12. The number of aromatic amines is 1. The molecule has 3 rings (SSSR count). The van der Waals surface area contributed by atoms with E-state index in [4.69, 9.17) is 0 Å². The van der Waals surface area contributed by atoms with Crippen LogP contribution in [0.3, 0.4) is 0 Å². The van der Waals surface area contributed by atoms with E-state index in [-0.39, 0.29) is 5.78 Å². The minimum absolute atomic E-state index is 0.0831. The Morgan fingerprint density at radius 3 is 2.67 bits per heavy atom. The molecule has 0 bridgehead atoms. The summed E-state index contributed by atoms with van der Waals surface area (Å²) in [7, 11) is 4.01. The quantitative estimate of drug-likeness (QED) is 0.747. The monoisotopic (exact) mass is 299 g/mol. The van der Waals surface area contributed by atoms with Crippen LogP contribution in [0.5, 0.6) is 0 Å². The summed E-state index contributed by atoms with van der Waals surface area (Å²) in [4.78, 5) is 21.8. The Bertz CT molecular complexity index is 816. The zero-order valence-corrected chi connectivity index (χ0v) is 13.3. The Labute approximate surface area is 127 Å². The maximum Gasteiger partial charge on any atom is 0.162 e. The molecule has 1 aromatic carbocycles. The molecule has 3 aromatic rings. The topological polar surface area (TPSA) is 49.0 Å². The average Bonchev–Trinajstić information content (AvgIpc) is 3.02. The van der Waals surface area contributed by atoms with Gasteiger partial charge in [-0.15, -0.1) is 11.3 Å². The van der Waals surface area contributed by atoms with Crippen molar-refractivity contribution >= 4 is 33.7 Å². The van der Waals surface area contributed by atoms with Gasteiger partial charge in [0.2, 0.25) is 0 Å². The number of hydrogen-bond donors (Lipinski definition) is 1. The van der Waals surface area contributed by atoms with Crippen LogP contribution in [-0.2, 0) is 0 Å². The number of benzene rings is 1. The first-order valence-corrected chi connectivity index (χ1v) is 7.61. The van der Waals surface area contributed by atoms with Crippen molar-refractivity contribution in [3.05, 3.63) is 35.0 Å². The van der Waals surface area contributed by atoms with Gasteiger partial charge in [0.25, 0.3) is 0 Å². The molecular weight excluding hydrogens is 282 g/mol. The second-order valence-corrected chi connectivity index (χ2v) is 6.23. The van der Waals surface area contributed by atoms with Gasteiger partial charge in [0.1, 0.15) is 5.01 Å². The van der Waals surface area contributed by atoms with E-state index in [2.05, 4.69) is 27.0 Å². The van der Waals surface area contributed by atoms with Crippen LogP contribution in [0, 0.1) is 6.92 Å². The van der Waals surface area contributed by atoms with Crippen molar-refractivity contribution in [1.82, 2.24) is 9.97 Å². The second kappa shape index (κ2) is 5.00. The summed E-state index contributed by atoms with van der Waals surface area (Å²) in [6.45, 7) is 3.56. The molecule has 0 aliphatic rings. The van der Waals surface area contributed by atoms with Gasteiger partial charge in [-0.05, 0) is 26.0 Å². The molecule has 0 aliphatic carbocycles. The Hall–Kier alpha value is -2.14. The van der Waals surface area contributed by atoms with Crippen molar-refractivity contribution < 1.29 is 4.79 Å². The van der Waals surface area contributed by atoms with E-state index in [0.29, 0.717) is 0 Å². The third-order valence-electron chi connectivity index (χ3n) is 3.59. The molecule has 2 heterocycles. The number of carbonyl (C=O) groups is 1. The van der Waals surface area contributed by atoms with E-state index in [0.717, 1.165) is 38.4 Å². The molecule has 2 aromatic heterocycles. The number of thiazole rings is 1. The maximum absolute atomic E-state index is 12.0. The van der Waals surface area contributed by atoms with Crippen LogP contribution in [0.1, 0.15) is 23.0 Å². The van der Waals surface area contributed by atoms with Gasteiger partial charge < -0.3 is 9.88 Å². The number of Topliss-reactive ketones (excluding diaryl/α,β-unsaturated/α-hetero) is 1. The number of fused-ring (bicyclic) bond motifs is 1. The summed E-state index contributed by atoms with van der Waals surface area (Å²) in [5.41, 5.74) is 4.79. The van der Waals surface area contributed by atoms with Gasteiger partial charge in [-0.25, -0.2) is 4.98 Å². The Balaban J connectivity index is 2.38. The molecule has 21 heavy (non-hydrogen) atoms. The minimum Gasteiger partial charge on any atom is -0.376 e. The van der Waals surface area contributed by atoms with Crippen molar-refractivity contribution in [1.29, 1.82) is 0 Å². The molecule has 1 N–H and O–H groups in total. The minimum atomic E-state index is 0.0831. The predicted octanol–water partition coefficient (Wildman–Crippen LogP) is 3.87. The van der Waals surface area contributed by atoms with Gasteiger partial charge in [0.15, 0.2) is 5.78 Å². The molecular formula is C16H17N3OS. The Kier molecular flexibility index (Phi) is 3.29. The second-order valence-electron chi connectivity index (χ2n) is 5.33. The zero-order chi connectivity index (χ0) is 15.1. The third kappa shape index (κ3) is 2.23. The smallest absolute Gasteiger partial charge is 0.162 e. The summed E-state index contributed by atoms with van der Waals surface area (Å²) in [5, 5.41) is 3.90. The first-order chi connectivity index (χ1) is 9.99. The normalized spacial score (nSPS) is 11.0. The number of aromatic nitrogens is 2. The molecule has 0 saturated heterocycles. The van der Waals surface area contributed by atoms with E-state index in [1.54, 1.807) is 24.5 Å². The number of aryl methyl sites for hydroxylation is 1. The Morgan fingerprint density at radius 2 is 2.10 bits per heavy atom. The number of ketones is 1. The molecule has 4 nitrogen and oxygen atoms in total. The first kappa shape index (κ1) is 13.8. The highest BCUT2D eigenvalue weighted by atomic mass is 32.1. The van der Waals surface area contributed by atoms with Gasteiger partial charge >= 0.3 is 0 Å². The predicted molar refractivity (Wildman–Crippen MR) is 88.5 cm³/mol. The lowest BCUT2D eigenvalue weighted by Crippen LogP contribution is -2.09. The fourth-order valence-electron chi connectivity index (χ4n) is 2.70. The molecule has 0 amide bonds. The number of H-pyrrole nitrogens is 1. The van der Waals surface area contributed by atoms with Crippen molar-refractivity contribution in [2.45, 2.75) is 13.8 Å². The lowest BCUT2D eigenvalue weighted by atomic mass is 10.0. The molecule has 0 fully saturated rings. The summed E-state index contributed by atoms with van der Waals surface area (Å²) >= 11 is 1.60. The van der Waals surface area contributed by atoms with E-state index in [9.17, 15) is 4.79 Å². The number of nitrogens with zero attached hydrogens (tertiary/aromatic N) is 2. The van der Waals surface area contributed by atoms with Gasteiger partial charge in [0, 0.05) is 47.9 Å². The van der Waals surface area contributed by atoms with Crippen molar-refractivity contribution in [3.63, 3.8) is 0 Å². The van der Waals surface area contributed by atoms with Crippen LogP contribution in [0.25, 0.3) is 21.5 Å². The van der Waals surface area contributed by atoms with Crippen LogP contribution < -0.4 is 4.90 Å². The van der Waals surface area contributed by atoms with Gasteiger partial charge in [-0.1, -0.05) is 0 Å². The number of carbonyl (C=O) groups excluding carboxylic acids is 1. The van der Waals surface area contributed by atoms with Crippen LogP contribution >= 0.6 is 11.3 Å². The molecule has 0 unspecified atom stereocenters. The van der Waals surface area contributed by atoms with Crippen molar-refractivity contribution in [3.8, 4) is 10.6 Å². The van der Waals surface area contributed by atoms with Crippen molar-refractivity contribution in [2.24, 2.45) is 0 Å². The number of anilines is 1. The molecule has 0 atom stereocenters. The largest absolute Gasteiger partial charge is 0.376 e. The molecule has 0 aliphatic heterocycles. The van der Waals surface area contributed by atoms with Gasteiger partial charge in [0.05, 0.1) is 11.2 Å². The highest BCUT2D eigenvalue weighted by molar-refractivity contribution is 7.13. The standard InChI is InChI=1S/C16H17N3OS/c1-9-14(10(2)20)12-7-11(16-17-5-6-21-16)8-13(19(3)4)15(12)18-9/h5-8,18H,1-4H3. The first-order valence-electron chi connectivity index (χ1n) is 6.73. The van der Waals surface area contributed by atoms with Gasteiger partial charge in [-0.3, -0.25) is 4.79 Å². The number of rotatable bonds is 3. The molecule has 0 radical (unpaired) electrons. The molecule has 0 spiro atoms. The summed E-state index contributed by atoms with van der Waals surface area (Å²) in [5.74, 6) is 0.0831. The lowest BCUT2D eigenvalue weighted by molar-refractivity contribution is 0.101. The van der Waals surface area contributed by atoms with Crippen LogP contribution in [0.15, 0.2) is 23.7 Å². The lowest BCUT2D eigenvalue weighted by Gasteiger charge is -2.15. The fraction of sp³-hybridized carbons (Fsp3) is 0.250. The van der Waals surface area contributed by atoms with Crippen LogP contribution in [0.2, 0.25) is 0 Å². The highest BCUT2D eigenvalue weighted by Gasteiger charge is 2.18. The van der Waals surface area contributed by atoms with E-state index in [1.165, 1.54) is 0 Å². The molecule has 108 valence electrons. The average molecular weight is 299 g/mol. The fourth-order valence-corrected chi connectivity index (χ4v) is 3.33. The maximum atomic E-state index is 12.0. The van der Waals surface area contributed by atoms with Crippen LogP contribution in [-0.4, -0.2) is 29.8 Å².